The van der Waals surface area contributed by atoms with Crippen molar-refractivity contribution >= 4 is 42.6 Å². The number of carbonyl (C=O) groups is 1. The summed E-state index contributed by atoms with van der Waals surface area (Å²) in [5.41, 5.74) is 2.13. The van der Waals surface area contributed by atoms with Crippen molar-refractivity contribution in [2.45, 2.75) is 32.1 Å². The van der Waals surface area contributed by atoms with Crippen LogP contribution in [0.25, 0.3) is 10.2 Å². The van der Waals surface area contributed by atoms with Gasteiger partial charge in [0.15, 0.2) is 5.13 Å². The first-order valence-electron chi connectivity index (χ1n) is 10.5. The van der Waals surface area contributed by atoms with Crippen molar-refractivity contribution < 1.29 is 17.9 Å². The Balaban J connectivity index is 1.52. The Kier molecular flexibility index (Phi) is 6.24. The van der Waals surface area contributed by atoms with Gasteiger partial charge in [-0.2, -0.15) is 4.31 Å². The van der Waals surface area contributed by atoms with Crippen LogP contribution in [0.2, 0.25) is 0 Å². The van der Waals surface area contributed by atoms with E-state index in [1.165, 1.54) is 35.6 Å². The fourth-order valence-corrected chi connectivity index (χ4v) is 6.85. The maximum atomic E-state index is 13.0. The van der Waals surface area contributed by atoms with Crippen molar-refractivity contribution in [2.24, 2.45) is 11.8 Å². The lowest BCUT2D eigenvalue weighted by molar-refractivity contribution is 0.102. The molecule has 1 aliphatic heterocycles. The minimum Gasteiger partial charge on any atom is -0.494 e. The second-order valence-electron chi connectivity index (χ2n) is 8.53. The molecule has 0 radical (unpaired) electrons. The summed E-state index contributed by atoms with van der Waals surface area (Å²) in [5.74, 6) is 0.965. The molecule has 2 atom stereocenters. The van der Waals surface area contributed by atoms with Crippen LogP contribution in [-0.4, -0.2) is 43.8 Å². The number of benzene rings is 2. The fraction of sp³-hybridized carbons (Fsp3) is 0.391. The Bertz CT molecular complexity index is 1240. The highest BCUT2D eigenvalue weighted by atomic mass is 32.2. The van der Waals surface area contributed by atoms with Gasteiger partial charge in [-0.25, -0.2) is 13.4 Å². The van der Waals surface area contributed by atoms with Gasteiger partial charge >= 0.3 is 0 Å². The number of nitrogens with one attached hydrogen (secondary N) is 1. The number of piperidine rings is 1. The van der Waals surface area contributed by atoms with Crippen LogP contribution in [0, 0.1) is 18.8 Å². The van der Waals surface area contributed by atoms with Crippen molar-refractivity contribution in [3.8, 4) is 5.75 Å². The highest BCUT2D eigenvalue weighted by Crippen LogP contribution is 2.35. The lowest BCUT2D eigenvalue weighted by Gasteiger charge is -2.34. The summed E-state index contributed by atoms with van der Waals surface area (Å²) in [6.45, 7) is 7.18. The van der Waals surface area contributed by atoms with Crippen LogP contribution in [0.5, 0.6) is 5.75 Å². The summed E-state index contributed by atoms with van der Waals surface area (Å²) >= 11 is 1.38. The second-order valence-corrected chi connectivity index (χ2v) is 11.5. The number of nitrogens with zero attached hydrogens (tertiary/aromatic N) is 2. The van der Waals surface area contributed by atoms with Gasteiger partial charge in [-0.1, -0.05) is 31.3 Å². The quantitative estimate of drug-likeness (QED) is 0.588. The van der Waals surface area contributed by atoms with Crippen molar-refractivity contribution in [3.63, 3.8) is 0 Å². The predicted octanol–water partition coefficient (Wildman–Crippen LogP) is 4.53. The molecule has 2 aromatic carbocycles. The van der Waals surface area contributed by atoms with Crippen LogP contribution >= 0.6 is 11.3 Å². The third-order valence-electron chi connectivity index (χ3n) is 5.73. The van der Waals surface area contributed by atoms with Gasteiger partial charge < -0.3 is 4.74 Å². The number of fused-ring (bicyclic) bond motifs is 1. The number of carbonyl (C=O) groups excluding carboxylic acids is 1. The Morgan fingerprint density at radius 1 is 1.12 bits per heavy atom. The number of methoxy groups -OCH3 is 1. The van der Waals surface area contributed by atoms with Crippen molar-refractivity contribution in [3.05, 3.63) is 47.5 Å². The van der Waals surface area contributed by atoms with Gasteiger partial charge in [-0.05, 0) is 61.1 Å². The highest BCUT2D eigenvalue weighted by Gasteiger charge is 2.31. The van der Waals surface area contributed by atoms with Crippen molar-refractivity contribution in [1.82, 2.24) is 9.29 Å². The average Bonchev–Trinajstić information content (AvgIpc) is 3.18. The van der Waals surface area contributed by atoms with Crippen LogP contribution < -0.4 is 10.1 Å². The minimum atomic E-state index is -3.58. The minimum absolute atomic E-state index is 0.204. The first-order valence-corrected chi connectivity index (χ1v) is 12.8. The summed E-state index contributed by atoms with van der Waals surface area (Å²) in [5, 5.41) is 3.28. The summed E-state index contributed by atoms with van der Waals surface area (Å²) in [6.07, 6.45) is 1.03. The second kappa shape index (κ2) is 8.80. The molecular weight excluding hydrogens is 446 g/mol. The van der Waals surface area contributed by atoms with E-state index >= 15 is 0 Å². The third kappa shape index (κ3) is 4.37. The largest absolute Gasteiger partial charge is 0.494 e. The highest BCUT2D eigenvalue weighted by molar-refractivity contribution is 7.89. The van der Waals surface area contributed by atoms with E-state index in [0.29, 0.717) is 46.9 Å². The molecule has 1 N–H and O–H groups in total. The number of anilines is 1. The number of hydrogen-bond donors (Lipinski definition) is 1. The number of amides is 1. The molecule has 1 amide bonds. The monoisotopic (exact) mass is 473 g/mol. The molecule has 1 aliphatic rings. The van der Waals surface area contributed by atoms with Gasteiger partial charge in [-0.15, -0.1) is 0 Å². The van der Waals surface area contributed by atoms with E-state index in [-0.39, 0.29) is 10.8 Å². The molecule has 2 heterocycles. The number of sulfonamides is 1. The maximum absolute atomic E-state index is 13.0. The van der Waals surface area contributed by atoms with Crippen LogP contribution in [0.1, 0.15) is 36.2 Å². The normalized spacial score (nSPS) is 19.8. The van der Waals surface area contributed by atoms with Crippen LogP contribution in [0.4, 0.5) is 5.13 Å². The van der Waals surface area contributed by atoms with Crippen molar-refractivity contribution in [2.75, 3.05) is 25.5 Å². The van der Waals surface area contributed by atoms with Crippen LogP contribution in [-0.2, 0) is 10.0 Å². The molecule has 9 heteroatoms. The van der Waals surface area contributed by atoms with Gasteiger partial charge in [0.05, 0.1) is 16.7 Å². The van der Waals surface area contributed by atoms with E-state index in [1.54, 1.807) is 11.4 Å². The van der Waals surface area contributed by atoms with E-state index in [2.05, 4.69) is 24.1 Å². The first kappa shape index (κ1) is 22.7. The summed E-state index contributed by atoms with van der Waals surface area (Å²) in [7, 11) is -2.00. The van der Waals surface area contributed by atoms with Gasteiger partial charge in [0.25, 0.3) is 5.91 Å². The Morgan fingerprint density at radius 2 is 1.78 bits per heavy atom. The SMILES string of the molecule is COc1ccc(C)c2sc(NC(=O)c3ccc(S(=O)(=O)N4CC(C)CC(C)C4)cc3)nc12. The molecule has 2 unspecified atom stereocenters. The molecule has 0 saturated carbocycles. The first-order chi connectivity index (χ1) is 15.2. The zero-order valence-electron chi connectivity index (χ0n) is 18.6. The average molecular weight is 474 g/mol. The standard InChI is InChI=1S/C23H27N3O4S2/c1-14-11-15(2)13-26(12-14)32(28,29)18-8-6-17(7-9-18)22(27)25-23-24-20-19(30-4)10-5-16(3)21(20)31-23/h5-10,14-15H,11-13H2,1-4H3,(H,24,25,27). The molecule has 4 rings (SSSR count). The topological polar surface area (TPSA) is 88.6 Å². The molecule has 1 fully saturated rings. The molecule has 32 heavy (non-hydrogen) atoms. The molecule has 7 nitrogen and oxygen atoms in total. The van der Waals surface area contributed by atoms with E-state index < -0.39 is 10.0 Å². The lowest BCUT2D eigenvalue weighted by atomic mass is 9.94. The summed E-state index contributed by atoms with van der Waals surface area (Å²) < 4.78 is 34.0. The van der Waals surface area contributed by atoms with E-state index in [4.69, 9.17) is 4.74 Å². The summed E-state index contributed by atoms with van der Waals surface area (Å²) in [6, 6.07) is 9.88. The lowest BCUT2D eigenvalue weighted by Crippen LogP contribution is -2.42. The number of aromatic nitrogens is 1. The number of hydrogen-bond acceptors (Lipinski definition) is 6. The smallest absolute Gasteiger partial charge is 0.257 e. The van der Waals surface area contributed by atoms with E-state index in [1.807, 2.05) is 19.1 Å². The maximum Gasteiger partial charge on any atom is 0.257 e. The van der Waals surface area contributed by atoms with Crippen LogP contribution in [0.3, 0.4) is 0 Å². The number of thiazole rings is 1. The molecule has 1 aromatic heterocycles. The van der Waals surface area contributed by atoms with Gasteiger partial charge in [0, 0.05) is 18.7 Å². The molecule has 0 aliphatic carbocycles. The Morgan fingerprint density at radius 3 is 2.41 bits per heavy atom. The van der Waals surface area contributed by atoms with Crippen LogP contribution in [0.15, 0.2) is 41.3 Å². The number of ether oxygens (including phenoxy) is 1. The zero-order chi connectivity index (χ0) is 23.0. The Labute approximate surface area is 192 Å². The fourth-order valence-electron chi connectivity index (χ4n) is 4.23. The van der Waals surface area contributed by atoms with Crippen molar-refractivity contribution in [1.29, 1.82) is 0 Å². The Hall–Kier alpha value is -2.49. The van der Waals surface area contributed by atoms with Gasteiger partial charge in [0.2, 0.25) is 10.0 Å². The third-order valence-corrected chi connectivity index (χ3v) is 8.69. The van der Waals surface area contributed by atoms with Gasteiger partial charge in [-0.3, -0.25) is 10.1 Å². The molecule has 0 bridgehead atoms. The molecule has 0 spiro atoms. The number of rotatable bonds is 5. The van der Waals surface area contributed by atoms with E-state index in [9.17, 15) is 13.2 Å². The van der Waals surface area contributed by atoms with Gasteiger partial charge in [0.1, 0.15) is 11.3 Å². The molecule has 1 saturated heterocycles. The van der Waals surface area contributed by atoms with E-state index in [0.717, 1.165) is 16.7 Å². The molecule has 170 valence electrons. The summed E-state index contributed by atoms with van der Waals surface area (Å²) in [4.78, 5) is 17.4. The molecular formula is C23H27N3O4S2. The number of aryl methyl sites for hydroxylation is 1. The predicted molar refractivity (Wildman–Crippen MR) is 127 cm³/mol. The molecule has 3 aromatic rings. The zero-order valence-corrected chi connectivity index (χ0v) is 20.2.